The summed E-state index contributed by atoms with van der Waals surface area (Å²) < 4.78 is 1.07. The molecule has 0 aromatic carbocycles. The Bertz CT molecular complexity index is 345. The molecule has 1 aromatic rings. The van der Waals surface area contributed by atoms with E-state index >= 15 is 0 Å². The Labute approximate surface area is 103 Å². The van der Waals surface area contributed by atoms with Gasteiger partial charge in [0.05, 0.1) is 9.67 Å². The molecule has 2 heterocycles. The summed E-state index contributed by atoms with van der Waals surface area (Å²) in [6, 6.07) is 0. The Morgan fingerprint density at radius 2 is 2.47 bits per heavy atom. The normalized spacial score (nSPS) is 23.1. The van der Waals surface area contributed by atoms with Gasteiger partial charge in [-0.3, -0.25) is 0 Å². The Morgan fingerprint density at radius 3 is 3.07 bits per heavy atom. The van der Waals surface area contributed by atoms with Crippen LogP contribution < -0.4 is 4.90 Å². The quantitative estimate of drug-likeness (QED) is 0.835. The van der Waals surface area contributed by atoms with Crippen LogP contribution in [-0.2, 0) is 0 Å². The summed E-state index contributed by atoms with van der Waals surface area (Å²) in [6.07, 6.45) is 4.21. The number of hydrogen-bond acceptors (Lipinski definition) is 4. The Balaban J connectivity index is 2.11. The van der Waals surface area contributed by atoms with Gasteiger partial charge in [-0.2, -0.15) is 0 Å². The van der Waals surface area contributed by atoms with Crippen LogP contribution in [0.4, 0.5) is 5.82 Å². The van der Waals surface area contributed by atoms with E-state index in [-0.39, 0.29) is 6.10 Å². The van der Waals surface area contributed by atoms with Crippen molar-refractivity contribution in [3.8, 4) is 0 Å². The van der Waals surface area contributed by atoms with E-state index in [1.807, 2.05) is 13.1 Å². The van der Waals surface area contributed by atoms with Crippen LogP contribution in [0.5, 0.6) is 0 Å². The molecular formula is C10H14IN3O. The molecule has 2 unspecified atom stereocenters. The van der Waals surface area contributed by atoms with Gasteiger partial charge in [-0.05, 0) is 35.9 Å². The number of aliphatic hydroxyl groups excluding tert-OH is 1. The molecule has 1 aromatic heterocycles. The average molecular weight is 319 g/mol. The topological polar surface area (TPSA) is 49.2 Å². The molecule has 1 fully saturated rings. The van der Waals surface area contributed by atoms with Gasteiger partial charge in [0, 0.05) is 25.2 Å². The van der Waals surface area contributed by atoms with E-state index in [1.165, 1.54) is 0 Å². The van der Waals surface area contributed by atoms with Gasteiger partial charge >= 0.3 is 0 Å². The van der Waals surface area contributed by atoms with Crippen LogP contribution in [0, 0.1) is 9.49 Å². The Morgan fingerprint density at radius 1 is 1.67 bits per heavy atom. The third-order valence-electron chi connectivity index (χ3n) is 2.85. The predicted octanol–water partition coefficient (Wildman–Crippen LogP) is 1.29. The number of aliphatic hydroxyl groups is 1. The fourth-order valence-electron chi connectivity index (χ4n) is 1.91. The molecule has 0 spiro atoms. The van der Waals surface area contributed by atoms with Crippen molar-refractivity contribution in [3.05, 3.63) is 16.1 Å². The van der Waals surface area contributed by atoms with Crippen LogP contribution in [-0.4, -0.2) is 34.3 Å². The molecule has 5 heteroatoms. The number of anilines is 1. The molecule has 2 rings (SSSR count). The lowest BCUT2D eigenvalue weighted by atomic mass is 10.0. The molecule has 0 radical (unpaired) electrons. The summed E-state index contributed by atoms with van der Waals surface area (Å²) in [5.74, 6) is 1.37. The van der Waals surface area contributed by atoms with Crippen molar-refractivity contribution in [1.29, 1.82) is 0 Å². The minimum Gasteiger partial charge on any atom is -0.393 e. The molecule has 0 bridgehead atoms. The van der Waals surface area contributed by atoms with Crippen molar-refractivity contribution in [1.82, 2.24) is 9.97 Å². The highest BCUT2D eigenvalue weighted by Gasteiger charge is 2.27. The number of nitrogens with zero attached hydrogens (tertiary/aromatic N) is 3. The first kappa shape index (κ1) is 11.1. The van der Waals surface area contributed by atoms with Gasteiger partial charge in [-0.25, -0.2) is 9.97 Å². The lowest BCUT2D eigenvalue weighted by Crippen LogP contribution is -2.25. The van der Waals surface area contributed by atoms with Gasteiger partial charge in [0.2, 0.25) is 0 Å². The van der Waals surface area contributed by atoms with Gasteiger partial charge in [0.1, 0.15) is 12.1 Å². The fraction of sp³-hybridized carbons (Fsp3) is 0.600. The molecule has 2 atom stereocenters. The molecular weight excluding hydrogens is 305 g/mol. The lowest BCUT2D eigenvalue weighted by molar-refractivity contribution is 0.136. The van der Waals surface area contributed by atoms with E-state index in [4.69, 9.17) is 0 Å². The van der Waals surface area contributed by atoms with Crippen LogP contribution in [0.3, 0.4) is 0 Å². The molecule has 82 valence electrons. The molecule has 15 heavy (non-hydrogen) atoms. The Kier molecular flexibility index (Phi) is 3.40. The van der Waals surface area contributed by atoms with E-state index in [0.717, 1.165) is 28.9 Å². The summed E-state index contributed by atoms with van der Waals surface area (Å²) in [6.45, 7) is 3.73. The third kappa shape index (κ3) is 2.39. The molecule has 1 aliphatic heterocycles. The first-order chi connectivity index (χ1) is 7.18. The maximum atomic E-state index is 9.52. The van der Waals surface area contributed by atoms with Gasteiger partial charge in [-0.15, -0.1) is 0 Å². The smallest absolute Gasteiger partial charge is 0.145 e. The second kappa shape index (κ2) is 4.61. The zero-order valence-corrected chi connectivity index (χ0v) is 10.8. The summed E-state index contributed by atoms with van der Waals surface area (Å²) in [5.41, 5.74) is 0. The molecule has 1 N–H and O–H groups in total. The average Bonchev–Trinajstić information content (AvgIpc) is 2.67. The monoisotopic (exact) mass is 319 g/mol. The first-order valence-electron chi connectivity index (χ1n) is 5.07. The SMILES string of the molecule is CC(O)C1CCN(c2ncncc2I)C1. The van der Waals surface area contributed by atoms with E-state index < -0.39 is 0 Å². The van der Waals surface area contributed by atoms with Gasteiger partial charge in [0.15, 0.2) is 0 Å². The molecule has 0 amide bonds. The van der Waals surface area contributed by atoms with Gasteiger partial charge in [-0.1, -0.05) is 0 Å². The van der Waals surface area contributed by atoms with Gasteiger partial charge in [0.25, 0.3) is 0 Å². The van der Waals surface area contributed by atoms with Crippen molar-refractivity contribution < 1.29 is 5.11 Å². The minimum atomic E-state index is -0.227. The van der Waals surface area contributed by atoms with Crippen LogP contribution >= 0.6 is 22.6 Å². The predicted molar refractivity (Wildman–Crippen MR) is 66.7 cm³/mol. The molecule has 0 aliphatic carbocycles. The second-order valence-corrected chi connectivity index (χ2v) is 5.09. The van der Waals surface area contributed by atoms with E-state index in [0.29, 0.717) is 5.92 Å². The summed E-state index contributed by atoms with van der Waals surface area (Å²) in [4.78, 5) is 10.5. The number of rotatable bonds is 2. The molecule has 4 nitrogen and oxygen atoms in total. The number of halogens is 1. The van der Waals surface area contributed by atoms with Crippen LogP contribution in [0.2, 0.25) is 0 Å². The van der Waals surface area contributed by atoms with Crippen molar-refractivity contribution >= 4 is 28.4 Å². The number of hydrogen-bond donors (Lipinski definition) is 1. The maximum absolute atomic E-state index is 9.52. The van der Waals surface area contributed by atoms with Gasteiger partial charge < -0.3 is 10.0 Å². The van der Waals surface area contributed by atoms with E-state index in [1.54, 1.807) is 6.33 Å². The van der Waals surface area contributed by atoms with Crippen LogP contribution in [0.1, 0.15) is 13.3 Å². The largest absolute Gasteiger partial charge is 0.393 e. The standard InChI is InChI=1S/C10H14IN3O/c1-7(15)8-2-3-14(5-8)10-9(11)4-12-6-13-10/h4,6-8,15H,2-3,5H2,1H3. The van der Waals surface area contributed by atoms with Crippen molar-refractivity contribution in [3.63, 3.8) is 0 Å². The van der Waals surface area contributed by atoms with Crippen LogP contribution in [0.15, 0.2) is 12.5 Å². The van der Waals surface area contributed by atoms with Crippen molar-refractivity contribution in [2.24, 2.45) is 5.92 Å². The summed E-state index contributed by atoms with van der Waals surface area (Å²) >= 11 is 2.25. The van der Waals surface area contributed by atoms with Crippen molar-refractivity contribution in [2.45, 2.75) is 19.4 Å². The minimum absolute atomic E-state index is 0.227. The van der Waals surface area contributed by atoms with Crippen LogP contribution in [0.25, 0.3) is 0 Å². The summed E-state index contributed by atoms with van der Waals surface area (Å²) in [5, 5.41) is 9.52. The highest BCUT2D eigenvalue weighted by molar-refractivity contribution is 14.1. The maximum Gasteiger partial charge on any atom is 0.145 e. The zero-order valence-electron chi connectivity index (χ0n) is 8.60. The number of aromatic nitrogens is 2. The van der Waals surface area contributed by atoms with Crippen molar-refractivity contribution in [2.75, 3.05) is 18.0 Å². The molecule has 0 saturated carbocycles. The van der Waals surface area contributed by atoms with E-state index in [9.17, 15) is 5.11 Å². The molecule has 1 saturated heterocycles. The second-order valence-electron chi connectivity index (χ2n) is 3.93. The third-order valence-corrected chi connectivity index (χ3v) is 3.62. The lowest BCUT2D eigenvalue weighted by Gasteiger charge is -2.19. The highest BCUT2D eigenvalue weighted by Crippen LogP contribution is 2.26. The Hall–Kier alpha value is -0.430. The summed E-state index contributed by atoms with van der Waals surface area (Å²) in [7, 11) is 0. The highest BCUT2D eigenvalue weighted by atomic mass is 127. The molecule has 1 aliphatic rings. The first-order valence-corrected chi connectivity index (χ1v) is 6.15. The zero-order chi connectivity index (χ0) is 10.8. The fourth-order valence-corrected chi connectivity index (χ4v) is 2.55. The van der Waals surface area contributed by atoms with E-state index in [2.05, 4.69) is 37.5 Å².